The molecular weight excluding hydrogens is 210 g/mol. The van der Waals surface area contributed by atoms with Crippen molar-refractivity contribution in [3.05, 3.63) is 0 Å². The van der Waals surface area contributed by atoms with E-state index in [9.17, 15) is 8.42 Å². The summed E-state index contributed by atoms with van der Waals surface area (Å²) in [6, 6.07) is 0. The van der Waals surface area contributed by atoms with Crippen LogP contribution in [0.5, 0.6) is 0 Å². The maximum absolute atomic E-state index is 11.7. The number of hydrogen-bond acceptors (Lipinski definition) is 2. The zero-order valence-electron chi connectivity index (χ0n) is 7.87. The van der Waals surface area contributed by atoms with Gasteiger partial charge in [0.15, 0.2) is 0 Å². The lowest BCUT2D eigenvalue weighted by molar-refractivity contribution is 0.470. The molecule has 1 heterocycles. The molecule has 0 aliphatic carbocycles. The van der Waals surface area contributed by atoms with Gasteiger partial charge < -0.3 is 0 Å². The lowest BCUT2D eigenvalue weighted by Crippen LogP contribution is -2.32. The lowest BCUT2D eigenvalue weighted by Gasteiger charge is -2.17. The van der Waals surface area contributed by atoms with Gasteiger partial charge in [0.05, 0.1) is 5.75 Å². The minimum absolute atomic E-state index is 0.0484. The molecule has 0 amide bonds. The van der Waals surface area contributed by atoms with Gasteiger partial charge >= 0.3 is 0 Å². The van der Waals surface area contributed by atoms with Gasteiger partial charge in [-0.15, -0.1) is 11.6 Å². The van der Waals surface area contributed by atoms with E-state index in [2.05, 4.69) is 0 Å². The summed E-state index contributed by atoms with van der Waals surface area (Å²) >= 11 is 5.58. The highest BCUT2D eigenvalue weighted by Gasteiger charge is 2.26. The van der Waals surface area contributed by atoms with Crippen LogP contribution in [0, 0.1) is 5.92 Å². The van der Waals surface area contributed by atoms with Crippen LogP contribution in [-0.2, 0) is 10.0 Å². The summed E-state index contributed by atoms with van der Waals surface area (Å²) in [5, 5.41) is 0. The highest BCUT2D eigenvalue weighted by molar-refractivity contribution is 7.89. The molecule has 0 aromatic carbocycles. The van der Waals surface area contributed by atoms with Crippen LogP contribution < -0.4 is 0 Å². The first-order valence-electron chi connectivity index (χ1n) is 4.60. The van der Waals surface area contributed by atoms with E-state index in [0.29, 0.717) is 19.0 Å². The summed E-state index contributed by atoms with van der Waals surface area (Å²) in [7, 11) is -3.02. The average molecular weight is 226 g/mol. The van der Waals surface area contributed by atoms with Crippen molar-refractivity contribution in [3.63, 3.8) is 0 Å². The second-order valence-electron chi connectivity index (χ2n) is 3.64. The van der Waals surface area contributed by atoms with Crippen LogP contribution in [0.1, 0.15) is 19.8 Å². The highest BCUT2D eigenvalue weighted by Crippen LogP contribution is 2.15. The van der Waals surface area contributed by atoms with Crippen LogP contribution in [-0.4, -0.2) is 37.4 Å². The molecule has 0 saturated carbocycles. The molecule has 1 aliphatic rings. The number of alkyl halides is 1. The monoisotopic (exact) mass is 225 g/mol. The fourth-order valence-corrected chi connectivity index (χ4v) is 3.58. The summed E-state index contributed by atoms with van der Waals surface area (Å²) in [5.41, 5.74) is 0. The number of halogens is 1. The summed E-state index contributed by atoms with van der Waals surface area (Å²) in [6.07, 6.45) is 1.99. The Morgan fingerprint density at radius 3 is 2.38 bits per heavy atom. The largest absolute Gasteiger partial charge is 0.214 e. The van der Waals surface area contributed by atoms with E-state index in [-0.39, 0.29) is 11.7 Å². The van der Waals surface area contributed by atoms with Gasteiger partial charge in [0, 0.05) is 19.0 Å². The molecule has 1 rings (SSSR count). The standard InChI is InChI=1S/C8H16ClNO2S/c1-8(6-9)7-13(11,12)10-4-2-3-5-10/h8H,2-7H2,1H3. The zero-order valence-corrected chi connectivity index (χ0v) is 9.44. The van der Waals surface area contributed by atoms with Crippen molar-refractivity contribution in [2.24, 2.45) is 5.92 Å². The van der Waals surface area contributed by atoms with Gasteiger partial charge in [-0.1, -0.05) is 6.92 Å². The summed E-state index contributed by atoms with van der Waals surface area (Å²) in [6.45, 7) is 3.25. The molecule has 0 N–H and O–H groups in total. The quantitative estimate of drug-likeness (QED) is 0.677. The molecule has 78 valence electrons. The Balaban J connectivity index is 2.54. The molecule has 3 nitrogen and oxygen atoms in total. The fourth-order valence-electron chi connectivity index (χ4n) is 1.48. The van der Waals surface area contributed by atoms with Crippen molar-refractivity contribution in [1.29, 1.82) is 0 Å². The molecule has 0 radical (unpaired) electrons. The van der Waals surface area contributed by atoms with Crippen LogP contribution in [0.2, 0.25) is 0 Å². The predicted octanol–water partition coefficient (Wildman–Crippen LogP) is 1.29. The van der Waals surface area contributed by atoms with Crippen LogP contribution in [0.3, 0.4) is 0 Å². The molecule has 1 unspecified atom stereocenters. The summed E-state index contributed by atoms with van der Waals surface area (Å²) in [5.74, 6) is 0.649. The van der Waals surface area contributed by atoms with E-state index in [4.69, 9.17) is 11.6 Å². The van der Waals surface area contributed by atoms with Crippen LogP contribution in [0.4, 0.5) is 0 Å². The first-order valence-corrected chi connectivity index (χ1v) is 6.74. The van der Waals surface area contributed by atoms with E-state index < -0.39 is 10.0 Å². The Hall–Kier alpha value is 0.200. The molecule has 1 atom stereocenters. The van der Waals surface area contributed by atoms with Crippen LogP contribution in [0.25, 0.3) is 0 Å². The van der Waals surface area contributed by atoms with Gasteiger partial charge in [0.2, 0.25) is 10.0 Å². The van der Waals surface area contributed by atoms with Gasteiger partial charge in [-0.05, 0) is 18.8 Å². The van der Waals surface area contributed by atoms with Gasteiger partial charge in [-0.25, -0.2) is 12.7 Å². The Morgan fingerprint density at radius 2 is 1.92 bits per heavy atom. The van der Waals surface area contributed by atoms with Crippen LogP contribution >= 0.6 is 11.6 Å². The van der Waals surface area contributed by atoms with Crippen molar-refractivity contribution in [2.45, 2.75) is 19.8 Å². The third-order valence-electron chi connectivity index (χ3n) is 2.22. The molecule has 1 fully saturated rings. The van der Waals surface area contributed by atoms with Gasteiger partial charge in [-0.3, -0.25) is 0 Å². The molecule has 13 heavy (non-hydrogen) atoms. The third kappa shape index (κ3) is 3.11. The van der Waals surface area contributed by atoms with Crippen molar-refractivity contribution in [2.75, 3.05) is 24.7 Å². The minimum atomic E-state index is -3.02. The number of sulfonamides is 1. The molecule has 0 aromatic heterocycles. The van der Waals surface area contributed by atoms with Gasteiger partial charge in [-0.2, -0.15) is 0 Å². The van der Waals surface area contributed by atoms with Crippen molar-refractivity contribution in [1.82, 2.24) is 4.31 Å². The second-order valence-corrected chi connectivity index (χ2v) is 5.97. The minimum Gasteiger partial charge on any atom is -0.212 e. The smallest absolute Gasteiger partial charge is 0.212 e. The Morgan fingerprint density at radius 1 is 1.38 bits per heavy atom. The normalized spacial score (nSPS) is 22.0. The Labute approximate surface area is 85.1 Å². The second kappa shape index (κ2) is 4.62. The van der Waals surface area contributed by atoms with E-state index in [0.717, 1.165) is 12.8 Å². The number of rotatable bonds is 4. The predicted molar refractivity (Wildman–Crippen MR) is 54.5 cm³/mol. The Bertz CT molecular complexity index is 247. The zero-order chi connectivity index (χ0) is 9.90. The maximum Gasteiger partial charge on any atom is 0.214 e. The first-order chi connectivity index (χ1) is 6.06. The number of nitrogens with zero attached hydrogens (tertiary/aromatic N) is 1. The van der Waals surface area contributed by atoms with E-state index >= 15 is 0 Å². The van der Waals surface area contributed by atoms with Crippen LogP contribution in [0.15, 0.2) is 0 Å². The van der Waals surface area contributed by atoms with Crippen molar-refractivity contribution in [3.8, 4) is 0 Å². The number of hydrogen-bond donors (Lipinski definition) is 0. The topological polar surface area (TPSA) is 37.4 Å². The SMILES string of the molecule is CC(CCl)CS(=O)(=O)N1CCCC1. The maximum atomic E-state index is 11.7. The van der Waals surface area contributed by atoms with Gasteiger partial charge in [0.1, 0.15) is 0 Å². The highest BCUT2D eigenvalue weighted by atomic mass is 35.5. The molecule has 5 heteroatoms. The van der Waals surface area contributed by atoms with Crippen molar-refractivity contribution < 1.29 is 8.42 Å². The summed E-state index contributed by atoms with van der Waals surface area (Å²) < 4.78 is 24.9. The third-order valence-corrected chi connectivity index (χ3v) is 4.89. The van der Waals surface area contributed by atoms with Crippen molar-refractivity contribution >= 4 is 21.6 Å². The fraction of sp³-hybridized carbons (Fsp3) is 1.00. The molecule has 0 aromatic rings. The van der Waals surface area contributed by atoms with E-state index in [1.165, 1.54) is 0 Å². The molecule has 0 bridgehead atoms. The first kappa shape index (κ1) is 11.3. The molecule has 0 spiro atoms. The average Bonchev–Trinajstić information content (AvgIpc) is 2.55. The molecule has 1 saturated heterocycles. The Kier molecular flexibility index (Phi) is 4.01. The molecule has 1 aliphatic heterocycles. The van der Waals surface area contributed by atoms with Gasteiger partial charge in [0.25, 0.3) is 0 Å². The lowest BCUT2D eigenvalue weighted by atomic mass is 10.3. The van der Waals surface area contributed by atoms with E-state index in [1.807, 2.05) is 6.92 Å². The van der Waals surface area contributed by atoms with E-state index in [1.54, 1.807) is 4.31 Å². The molecular formula is C8H16ClNO2S. The summed E-state index contributed by atoms with van der Waals surface area (Å²) in [4.78, 5) is 0.